The maximum Gasteiger partial charge on any atom is 0.332 e. The van der Waals surface area contributed by atoms with Crippen molar-refractivity contribution >= 4 is 45.5 Å². The monoisotopic (exact) mass is 494 g/mol. The lowest BCUT2D eigenvalue weighted by molar-refractivity contribution is 0.102. The number of hydrogen-bond acceptors (Lipinski definition) is 9. The molecule has 11 heteroatoms. The molecule has 0 aliphatic heterocycles. The Hall–Kier alpha value is -3.70. The lowest BCUT2D eigenvalue weighted by atomic mass is 10.2. The van der Waals surface area contributed by atoms with Gasteiger partial charge in [0.2, 0.25) is 5.13 Å². The number of carbonyl (C=O) groups is 1. The normalized spacial score (nSPS) is 10.9. The van der Waals surface area contributed by atoms with Crippen LogP contribution in [0.5, 0.6) is 0 Å². The highest BCUT2D eigenvalue weighted by molar-refractivity contribution is 8.01. The van der Waals surface area contributed by atoms with E-state index < -0.39 is 17.0 Å². The summed E-state index contributed by atoms with van der Waals surface area (Å²) < 4.78 is 2.71. The van der Waals surface area contributed by atoms with Gasteiger partial charge in [0.1, 0.15) is 11.4 Å². The molecular weight excluding hydrogens is 472 g/mol. The number of nitrogen functional groups attached to an aromatic ring is 1. The van der Waals surface area contributed by atoms with Gasteiger partial charge in [-0.1, -0.05) is 65.6 Å². The second-order valence-electron chi connectivity index (χ2n) is 7.56. The van der Waals surface area contributed by atoms with Crippen molar-refractivity contribution in [2.45, 2.75) is 17.8 Å². The van der Waals surface area contributed by atoms with Gasteiger partial charge in [-0.3, -0.25) is 18.7 Å². The number of rotatable bonds is 8. The second-order valence-corrected chi connectivity index (χ2v) is 9.76. The number of nitrogens with two attached hydrogens (primary N) is 1. The molecule has 9 nitrogen and oxygen atoms in total. The van der Waals surface area contributed by atoms with Crippen molar-refractivity contribution < 1.29 is 4.79 Å². The minimum absolute atomic E-state index is 0.0674. The maximum atomic E-state index is 13.0. The van der Waals surface area contributed by atoms with Crippen molar-refractivity contribution in [3.05, 3.63) is 92.1 Å². The molecule has 0 aliphatic rings. The summed E-state index contributed by atoms with van der Waals surface area (Å²) in [6.07, 6.45) is 0. The van der Waals surface area contributed by atoms with Gasteiger partial charge in [-0.15, -0.1) is 10.2 Å². The van der Waals surface area contributed by atoms with Crippen molar-refractivity contribution in [2.75, 3.05) is 16.8 Å². The molecular formula is C23H22N6O3S2. The smallest absolute Gasteiger partial charge is 0.332 e. The molecule has 3 N–H and O–H groups in total. The minimum atomic E-state index is -0.712. The Labute approximate surface area is 203 Å². The Balaban J connectivity index is 1.52. The van der Waals surface area contributed by atoms with Crippen LogP contribution in [0, 0.1) is 6.92 Å². The van der Waals surface area contributed by atoms with E-state index in [4.69, 9.17) is 5.73 Å². The molecule has 2 aromatic carbocycles. The van der Waals surface area contributed by atoms with Crippen molar-refractivity contribution in [2.24, 2.45) is 7.05 Å². The Morgan fingerprint density at radius 3 is 2.62 bits per heavy atom. The van der Waals surface area contributed by atoms with Gasteiger partial charge in [0.05, 0.1) is 12.3 Å². The maximum absolute atomic E-state index is 13.0. The lowest BCUT2D eigenvalue weighted by Gasteiger charge is -2.14. The average molecular weight is 495 g/mol. The van der Waals surface area contributed by atoms with Gasteiger partial charge in [0.15, 0.2) is 10.1 Å². The van der Waals surface area contributed by atoms with Crippen LogP contribution < -0.4 is 22.3 Å². The van der Waals surface area contributed by atoms with Crippen LogP contribution in [0.2, 0.25) is 0 Å². The average Bonchev–Trinajstić information content (AvgIpc) is 3.27. The quantitative estimate of drug-likeness (QED) is 0.283. The van der Waals surface area contributed by atoms with Crippen LogP contribution >= 0.6 is 23.1 Å². The summed E-state index contributed by atoms with van der Waals surface area (Å²) in [5.41, 5.74) is 7.50. The fraction of sp³-hybridized carbons (Fsp3) is 0.174. The van der Waals surface area contributed by atoms with Crippen LogP contribution in [0.25, 0.3) is 0 Å². The van der Waals surface area contributed by atoms with Gasteiger partial charge in [-0.25, -0.2) is 4.79 Å². The first-order chi connectivity index (χ1) is 16.3. The Bertz CT molecular complexity index is 1460. The molecule has 0 saturated carbocycles. The topological polar surface area (TPSA) is 125 Å². The van der Waals surface area contributed by atoms with Gasteiger partial charge >= 0.3 is 5.69 Å². The van der Waals surface area contributed by atoms with Gasteiger partial charge in [-0.2, -0.15) is 0 Å². The van der Waals surface area contributed by atoms with E-state index in [9.17, 15) is 14.4 Å². The highest BCUT2D eigenvalue weighted by atomic mass is 32.2. The molecule has 0 fully saturated rings. The summed E-state index contributed by atoms with van der Waals surface area (Å²) in [5, 5.41) is 12.0. The van der Waals surface area contributed by atoms with Gasteiger partial charge in [-0.05, 0) is 30.2 Å². The fourth-order valence-electron chi connectivity index (χ4n) is 3.33. The summed E-state index contributed by atoms with van der Waals surface area (Å²) in [4.78, 5) is 38.3. The van der Waals surface area contributed by atoms with E-state index >= 15 is 0 Å². The Kier molecular flexibility index (Phi) is 6.94. The van der Waals surface area contributed by atoms with Crippen molar-refractivity contribution in [1.82, 2.24) is 19.3 Å². The molecule has 0 bridgehead atoms. The number of nitrogens with one attached hydrogen (secondary N) is 1. The SMILES string of the molecule is Cc1cccc(Nc2nnc(SCC(=O)c3c(N)n(Cc4ccccc4)c(=O)n(C)c3=O)s2)c1. The fourth-order valence-corrected chi connectivity index (χ4v) is 4.97. The predicted molar refractivity (Wildman–Crippen MR) is 135 cm³/mol. The molecule has 0 spiro atoms. The third-order valence-electron chi connectivity index (χ3n) is 5.05. The van der Waals surface area contributed by atoms with Crippen LogP contribution in [0.3, 0.4) is 0 Å². The van der Waals surface area contributed by atoms with E-state index in [1.54, 1.807) is 0 Å². The first-order valence-corrected chi connectivity index (χ1v) is 12.1. The first-order valence-electron chi connectivity index (χ1n) is 10.3. The third-order valence-corrected chi connectivity index (χ3v) is 7.02. The van der Waals surface area contributed by atoms with E-state index in [0.29, 0.717) is 9.47 Å². The van der Waals surface area contributed by atoms with Crippen molar-refractivity contribution in [1.29, 1.82) is 0 Å². The molecule has 0 atom stereocenters. The van der Waals surface area contributed by atoms with Crippen LogP contribution in [0.4, 0.5) is 16.6 Å². The van der Waals surface area contributed by atoms with Gasteiger partial charge in [0.25, 0.3) is 5.56 Å². The number of ketones is 1. The van der Waals surface area contributed by atoms with Crippen molar-refractivity contribution in [3.8, 4) is 0 Å². The zero-order valence-electron chi connectivity index (χ0n) is 18.5. The number of nitrogens with zero attached hydrogens (tertiary/aromatic N) is 4. The Morgan fingerprint density at radius 2 is 1.88 bits per heavy atom. The predicted octanol–water partition coefficient (Wildman–Crippen LogP) is 3.06. The van der Waals surface area contributed by atoms with E-state index in [-0.39, 0.29) is 23.7 Å². The molecule has 2 heterocycles. The van der Waals surface area contributed by atoms with E-state index in [1.165, 1.54) is 23.0 Å². The number of benzene rings is 2. The number of thioether (sulfide) groups is 1. The summed E-state index contributed by atoms with van der Waals surface area (Å²) in [7, 11) is 1.34. The molecule has 174 valence electrons. The summed E-state index contributed by atoms with van der Waals surface area (Å²) >= 11 is 2.46. The number of aryl methyl sites for hydroxylation is 1. The Morgan fingerprint density at radius 1 is 1.12 bits per heavy atom. The van der Waals surface area contributed by atoms with Crippen LogP contribution in [-0.2, 0) is 13.6 Å². The highest BCUT2D eigenvalue weighted by Gasteiger charge is 2.22. The standard InChI is InChI=1S/C23H22N6O3S2/c1-14-7-6-10-16(11-14)25-21-26-27-22(34-21)33-13-17(30)18-19(24)29(23(32)28(2)20(18)31)12-15-8-4-3-5-9-15/h3-11H,12-13,24H2,1-2H3,(H,25,26). The van der Waals surface area contributed by atoms with E-state index in [2.05, 4.69) is 15.5 Å². The molecule has 0 unspecified atom stereocenters. The second kappa shape index (κ2) is 10.1. The lowest BCUT2D eigenvalue weighted by Crippen LogP contribution is -2.43. The molecule has 0 saturated heterocycles. The number of carbonyl (C=O) groups excluding carboxylic acids is 1. The number of anilines is 3. The summed E-state index contributed by atoms with van der Waals surface area (Å²) in [6, 6.07) is 17.1. The zero-order chi connectivity index (χ0) is 24.2. The third kappa shape index (κ3) is 5.10. The molecule has 4 aromatic rings. The summed E-state index contributed by atoms with van der Waals surface area (Å²) in [5.74, 6) is -0.683. The van der Waals surface area contributed by atoms with Gasteiger partial charge < -0.3 is 11.1 Å². The van der Waals surface area contributed by atoms with Crippen LogP contribution in [0.1, 0.15) is 21.5 Å². The molecule has 0 radical (unpaired) electrons. The largest absolute Gasteiger partial charge is 0.384 e. The number of Topliss-reactive ketones (excluding diaryl/α,β-unsaturated/α-hetero) is 1. The van der Waals surface area contributed by atoms with Crippen molar-refractivity contribution in [3.63, 3.8) is 0 Å². The summed E-state index contributed by atoms with van der Waals surface area (Å²) in [6.45, 7) is 2.15. The van der Waals surface area contributed by atoms with Crippen LogP contribution in [0.15, 0.2) is 68.5 Å². The molecule has 4 rings (SSSR count). The highest BCUT2D eigenvalue weighted by Crippen LogP contribution is 2.28. The van der Waals surface area contributed by atoms with Gasteiger partial charge in [0, 0.05) is 12.7 Å². The molecule has 0 amide bonds. The molecule has 2 aromatic heterocycles. The molecule has 34 heavy (non-hydrogen) atoms. The van der Waals surface area contributed by atoms with Crippen LogP contribution in [-0.4, -0.2) is 30.9 Å². The molecule has 0 aliphatic carbocycles. The van der Waals surface area contributed by atoms with E-state index in [0.717, 1.165) is 33.1 Å². The number of hydrogen-bond donors (Lipinski definition) is 2. The zero-order valence-corrected chi connectivity index (χ0v) is 20.2. The number of aromatic nitrogens is 4. The van der Waals surface area contributed by atoms with E-state index in [1.807, 2.05) is 61.5 Å². The minimum Gasteiger partial charge on any atom is -0.384 e. The first kappa shape index (κ1) is 23.5.